The summed E-state index contributed by atoms with van der Waals surface area (Å²) >= 11 is 0. The topological polar surface area (TPSA) is 73.4 Å². The van der Waals surface area contributed by atoms with Crippen LogP contribution in [0.4, 0.5) is 5.69 Å². The van der Waals surface area contributed by atoms with E-state index in [0.717, 1.165) is 16.8 Å². The predicted octanol–water partition coefficient (Wildman–Crippen LogP) is 2.48. The molecule has 3 rings (SSSR count). The lowest BCUT2D eigenvalue weighted by atomic mass is 10.1. The number of ether oxygens (including phenoxy) is 1. The van der Waals surface area contributed by atoms with Crippen molar-refractivity contribution in [1.29, 1.82) is 0 Å². The maximum absolute atomic E-state index is 12.5. The van der Waals surface area contributed by atoms with Crippen LogP contribution in [0.15, 0.2) is 36.7 Å². The van der Waals surface area contributed by atoms with Crippen molar-refractivity contribution in [3.8, 4) is 0 Å². The van der Waals surface area contributed by atoms with Crippen molar-refractivity contribution in [3.63, 3.8) is 0 Å². The third kappa shape index (κ3) is 5.90. The number of hydrogen-bond acceptors (Lipinski definition) is 4. The highest BCUT2D eigenvalue weighted by molar-refractivity contribution is 5.85. The summed E-state index contributed by atoms with van der Waals surface area (Å²) in [7, 11) is 0. The molecule has 2 aromatic rings. The second-order valence-corrected chi connectivity index (χ2v) is 6.27. The fourth-order valence-corrected chi connectivity index (χ4v) is 2.99. The number of anilines is 1. The van der Waals surface area contributed by atoms with Gasteiger partial charge in [0.25, 0.3) is 0 Å². The summed E-state index contributed by atoms with van der Waals surface area (Å²) in [5, 5.41) is 4.28. The van der Waals surface area contributed by atoms with E-state index in [1.807, 2.05) is 53.2 Å². The van der Waals surface area contributed by atoms with E-state index in [2.05, 4.69) is 5.10 Å². The van der Waals surface area contributed by atoms with E-state index in [4.69, 9.17) is 10.5 Å². The molecule has 1 fully saturated rings. The van der Waals surface area contributed by atoms with Crippen LogP contribution in [0, 0.1) is 6.92 Å². The van der Waals surface area contributed by atoms with Crippen LogP contribution in [0.1, 0.15) is 17.5 Å². The zero-order valence-electron chi connectivity index (χ0n) is 14.8. The molecule has 0 aliphatic carbocycles. The van der Waals surface area contributed by atoms with E-state index in [-0.39, 0.29) is 36.8 Å². The molecule has 26 heavy (non-hydrogen) atoms. The highest BCUT2D eigenvalue weighted by atomic mass is 35.5. The molecule has 0 spiro atoms. The second-order valence-electron chi connectivity index (χ2n) is 6.27. The molecule has 1 aliphatic heterocycles. The van der Waals surface area contributed by atoms with Gasteiger partial charge in [-0.3, -0.25) is 9.48 Å². The maximum atomic E-state index is 12.5. The van der Waals surface area contributed by atoms with Crippen LogP contribution >= 0.6 is 24.8 Å². The molecule has 1 aliphatic rings. The van der Waals surface area contributed by atoms with E-state index in [1.165, 1.54) is 0 Å². The lowest BCUT2D eigenvalue weighted by molar-refractivity contribution is -0.139. The normalized spacial score (nSPS) is 16.5. The molecular weight excluding hydrogens is 375 g/mol. The van der Waals surface area contributed by atoms with Crippen molar-refractivity contribution in [1.82, 2.24) is 14.7 Å². The van der Waals surface area contributed by atoms with Crippen molar-refractivity contribution in [2.45, 2.75) is 32.4 Å². The van der Waals surface area contributed by atoms with E-state index >= 15 is 0 Å². The molecule has 8 heteroatoms. The van der Waals surface area contributed by atoms with Crippen LogP contribution < -0.4 is 5.73 Å². The SMILES string of the molecule is Cc1cnn(CC2CN(C(=O)CCc3ccccc3N)CCO2)c1.Cl.Cl. The number of halogens is 2. The molecule has 1 aromatic carbocycles. The molecule has 1 amide bonds. The second kappa shape index (κ2) is 10.4. The Morgan fingerprint density at radius 1 is 1.35 bits per heavy atom. The number of nitrogens with two attached hydrogens (primary N) is 1. The summed E-state index contributed by atoms with van der Waals surface area (Å²) in [6.07, 6.45) is 4.95. The Morgan fingerprint density at radius 3 is 2.81 bits per heavy atom. The zero-order valence-corrected chi connectivity index (χ0v) is 16.5. The third-order valence-corrected chi connectivity index (χ3v) is 4.31. The number of rotatable bonds is 5. The Labute approximate surface area is 166 Å². The number of carbonyl (C=O) groups excluding carboxylic acids is 1. The van der Waals surface area contributed by atoms with E-state index in [0.29, 0.717) is 39.1 Å². The number of morpholine rings is 1. The number of amides is 1. The molecule has 0 saturated carbocycles. The molecular formula is C18H26Cl2N4O2. The highest BCUT2D eigenvalue weighted by Crippen LogP contribution is 2.15. The summed E-state index contributed by atoms with van der Waals surface area (Å²) in [6, 6.07) is 7.71. The molecule has 6 nitrogen and oxygen atoms in total. The van der Waals surface area contributed by atoms with E-state index in [1.54, 1.807) is 0 Å². The molecule has 0 bridgehead atoms. The van der Waals surface area contributed by atoms with Crippen LogP contribution in [-0.2, 0) is 22.5 Å². The van der Waals surface area contributed by atoms with Gasteiger partial charge in [0.1, 0.15) is 0 Å². The molecule has 0 radical (unpaired) electrons. The number of aromatic nitrogens is 2. The molecule has 1 atom stereocenters. The Morgan fingerprint density at radius 2 is 2.12 bits per heavy atom. The van der Waals surface area contributed by atoms with Gasteiger partial charge in [0.05, 0.1) is 25.5 Å². The Bertz CT molecular complexity index is 708. The first-order valence-corrected chi connectivity index (χ1v) is 8.33. The number of benzene rings is 1. The lowest BCUT2D eigenvalue weighted by Crippen LogP contribution is -2.47. The van der Waals surface area contributed by atoms with Crippen LogP contribution in [-0.4, -0.2) is 46.4 Å². The Balaban J connectivity index is 0.00000169. The minimum absolute atomic E-state index is 0. The van der Waals surface area contributed by atoms with E-state index in [9.17, 15) is 4.79 Å². The van der Waals surface area contributed by atoms with Gasteiger partial charge in [-0.2, -0.15) is 5.10 Å². The van der Waals surface area contributed by atoms with Crippen LogP contribution in [0.5, 0.6) is 0 Å². The van der Waals surface area contributed by atoms with Crippen molar-refractivity contribution in [3.05, 3.63) is 47.8 Å². The largest absolute Gasteiger partial charge is 0.399 e. The Kier molecular flexibility index (Phi) is 8.92. The number of aryl methyl sites for hydroxylation is 2. The molecule has 1 aromatic heterocycles. The van der Waals surface area contributed by atoms with Gasteiger partial charge >= 0.3 is 0 Å². The minimum Gasteiger partial charge on any atom is -0.399 e. The van der Waals surface area contributed by atoms with Gasteiger partial charge < -0.3 is 15.4 Å². The molecule has 1 saturated heterocycles. The summed E-state index contributed by atoms with van der Waals surface area (Å²) in [4.78, 5) is 14.4. The van der Waals surface area contributed by atoms with Gasteiger partial charge in [0.2, 0.25) is 5.91 Å². The van der Waals surface area contributed by atoms with Crippen molar-refractivity contribution >= 4 is 36.4 Å². The van der Waals surface area contributed by atoms with Crippen molar-refractivity contribution in [2.24, 2.45) is 0 Å². The first-order chi connectivity index (χ1) is 11.6. The van der Waals surface area contributed by atoms with Gasteiger partial charge in [-0.15, -0.1) is 24.8 Å². The van der Waals surface area contributed by atoms with E-state index < -0.39 is 0 Å². The quantitative estimate of drug-likeness (QED) is 0.782. The van der Waals surface area contributed by atoms with Crippen LogP contribution in [0.3, 0.4) is 0 Å². The minimum atomic E-state index is -0.0104. The predicted molar refractivity (Wildman–Crippen MR) is 107 cm³/mol. The van der Waals surface area contributed by atoms with Gasteiger partial charge in [0, 0.05) is 31.4 Å². The highest BCUT2D eigenvalue weighted by Gasteiger charge is 2.24. The lowest BCUT2D eigenvalue weighted by Gasteiger charge is -2.33. The van der Waals surface area contributed by atoms with Gasteiger partial charge in [-0.25, -0.2) is 0 Å². The number of hydrogen-bond donors (Lipinski definition) is 1. The molecule has 1 unspecified atom stereocenters. The number of nitrogen functional groups attached to an aromatic ring is 1. The fraction of sp³-hybridized carbons (Fsp3) is 0.444. The standard InChI is InChI=1S/C18H24N4O2.2ClH/c1-14-10-20-22(11-14)13-16-12-21(8-9-24-16)18(23)7-6-15-4-2-3-5-17(15)19;;/h2-5,10-11,16H,6-9,12-13,19H2,1H3;2*1H. The maximum Gasteiger partial charge on any atom is 0.223 e. The number of carbonyl (C=O) groups is 1. The van der Waals surface area contributed by atoms with Gasteiger partial charge in [-0.05, 0) is 30.5 Å². The first-order valence-electron chi connectivity index (χ1n) is 8.33. The summed E-state index contributed by atoms with van der Waals surface area (Å²) < 4.78 is 7.65. The summed E-state index contributed by atoms with van der Waals surface area (Å²) in [5.41, 5.74) is 8.84. The van der Waals surface area contributed by atoms with Gasteiger partial charge in [0.15, 0.2) is 0 Å². The Hall–Kier alpha value is -1.76. The zero-order chi connectivity index (χ0) is 16.9. The molecule has 2 N–H and O–H groups in total. The van der Waals surface area contributed by atoms with Crippen LogP contribution in [0.25, 0.3) is 0 Å². The smallest absolute Gasteiger partial charge is 0.223 e. The van der Waals surface area contributed by atoms with Crippen LogP contribution in [0.2, 0.25) is 0 Å². The monoisotopic (exact) mass is 400 g/mol. The summed E-state index contributed by atoms with van der Waals surface area (Å²) in [6.45, 7) is 4.52. The average molecular weight is 401 g/mol. The number of nitrogens with zero attached hydrogens (tertiary/aromatic N) is 3. The number of para-hydroxylation sites is 1. The molecule has 144 valence electrons. The van der Waals surface area contributed by atoms with Gasteiger partial charge in [-0.1, -0.05) is 18.2 Å². The third-order valence-electron chi connectivity index (χ3n) is 4.31. The first kappa shape index (κ1) is 22.3. The molecule has 2 heterocycles. The van der Waals surface area contributed by atoms with Crippen molar-refractivity contribution < 1.29 is 9.53 Å². The fourth-order valence-electron chi connectivity index (χ4n) is 2.99. The average Bonchev–Trinajstić information content (AvgIpc) is 2.99. The summed E-state index contributed by atoms with van der Waals surface area (Å²) in [5.74, 6) is 0.156. The van der Waals surface area contributed by atoms with Crippen molar-refractivity contribution in [2.75, 3.05) is 25.4 Å².